The number of methoxy groups -OCH3 is 1. The van der Waals surface area contributed by atoms with E-state index < -0.39 is 0 Å². The Hall–Kier alpha value is -1.82. The Labute approximate surface area is 125 Å². The molecule has 0 unspecified atom stereocenters. The van der Waals surface area contributed by atoms with E-state index in [0.29, 0.717) is 24.4 Å². The van der Waals surface area contributed by atoms with Crippen LogP contribution >= 0.6 is 15.9 Å². The van der Waals surface area contributed by atoms with Crippen molar-refractivity contribution in [1.29, 1.82) is 0 Å². The number of ether oxygens (including phenoxy) is 1. The van der Waals surface area contributed by atoms with E-state index in [4.69, 9.17) is 4.74 Å². The van der Waals surface area contributed by atoms with Crippen LogP contribution < -0.4 is 4.74 Å². The molecule has 1 aliphatic heterocycles. The molecule has 0 atom stereocenters. The quantitative estimate of drug-likeness (QED) is 0.846. The second kappa shape index (κ2) is 5.28. The van der Waals surface area contributed by atoms with Crippen molar-refractivity contribution in [3.8, 4) is 5.75 Å². The Morgan fingerprint density at radius 1 is 1.40 bits per heavy atom. The van der Waals surface area contributed by atoms with E-state index in [1.165, 1.54) is 0 Å². The Bertz CT molecular complexity index is 654. The second-order valence-electron chi connectivity index (χ2n) is 4.61. The van der Waals surface area contributed by atoms with Gasteiger partial charge in [-0.15, -0.1) is 0 Å². The van der Waals surface area contributed by atoms with Crippen LogP contribution in [0.2, 0.25) is 0 Å². The highest BCUT2D eigenvalue weighted by atomic mass is 79.9. The van der Waals surface area contributed by atoms with Crippen LogP contribution in [0.4, 0.5) is 0 Å². The average molecular weight is 336 g/mol. The summed E-state index contributed by atoms with van der Waals surface area (Å²) in [6, 6.07) is 5.41. The van der Waals surface area contributed by atoms with Gasteiger partial charge in [0.25, 0.3) is 5.91 Å². The molecule has 0 aliphatic carbocycles. The molecule has 1 aromatic carbocycles. The van der Waals surface area contributed by atoms with Gasteiger partial charge in [0, 0.05) is 30.0 Å². The molecular formula is C14H14BrN3O2. The number of fused-ring (bicyclic) bond motifs is 1. The summed E-state index contributed by atoms with van der Waals surface area (Å²) in [4.78, 5) is 18.7. The number of amides is 1. The largest absolute Gasteiger partial charge is 0.497 e. The molecule has 1 aromatic heterocycles. The predicted molar refractivity (Wildman–Crippen MR) is 77.7 cm³/mol. The normalized spacial score (nSPS) is 14.0. The smallest absolute Gasteiger partial charge is 0.255 e. The monoisotopic (exact) mass is 335 g/mol. The lowest BCUT2D eigenvalue weighted by Crippen LogP contribution is -2.38. The number of aromatic nitrogens is 2. The Balaban J connectivity index is 1.87. The number of carbonyl (C=O) groups is 1. The van der Waals surface area contributed by atoms with Crippen molar-refractivity contribution in [3.63, 3.8) is 0 Å². The van der Waals surface area contributed by atoms with E-state index in [1.54, 1.807) is 19.4 Å². The van der Waals surface area contributed by atoms with Gasteiger partial charge in [-0.2, -0.15) is 0 Å². The van der Waals surface area contributed by atoms with Crippen LogP contribution in [0.25, 0.3) is 0 Å². The van der Waals surface area contributed by atoms with E-state index in [1.807, 2.05) is 23.2 Å². The van der Waals surface area contributed by atoms with E-state index in [-0.39, 0.29) is 5.91 Å². The van der Waals surface area contributed by atoms with Crippen molar-refractivity contribution in [1.82, 2.24) is 14.5 Å². The Morgan fingerprint density at radius 3 is 3.05 bits per heavy atom. The van der Waals surface area contributed by atoms with Gasteiger partial charge < -0.3 is 14.2 Å². The summed E-state index contributed by atoms with van der Waals surface area (Å²) in [5.41, 5.74) is 0.615. The molecule has 104 valence electrons. The predicted octanol–water partition coefficient (Wildman–Crippen LogP) is 2.31. The molecular weight excluding hydrogens is 322 g/mol. The summed E-state index contributed by atoms with van der Waals surface area (Å²) in [7, 11) is 1.59. The summed E-state index contributed by atoms with van der Waals surface area (Å²) in [6.45, 7) is 2.00. The molecule has 5 nitrogen and oxygen atoms in total. The highest BCUT2D eigenvalue weighted by molar-refractivity contribution is 9.10. The lowest BCUT2D eigenvalue weighted by Gasteiger charge is -2.28. The lowest BCUT2D eigenvalue weighted by atomic mass is 10.1. The fourth-order valence-corrected chi connectivity index (χ4v) is 2.73. The van der Waals surface area contributed by atoms with Crippen LogP contribution in [-0.4, -0.2) is 34.0 Å². The van der Waals surface area contributed by atoms with Crippen molar-refractivity contribution >= 4 is 21.8 Å². The van der Waals surface area contributed by atoms with Gasteiger partial charge >= 0.3 is 0 Å². The van der Waals surface area contributed by atoms with Gasteiger partial charge in [-0.25, -0.2) is 4.98 Å². The molecule has 0 radical (unpaired) electrons. The van der Waals surface area contributed by atoms with Crippen LogP contribution in [0.3, 0.4) is 0 Å². The molecule has 20 heavy (non-hydrogen) atoms. The van der Waals surface area contributed by atoms with Crippen molar-refractivity contribution in [2.45, 2.75) is 13.1 Å². The molecule has 0 bridgehead atoms. The zero-order valence-electron chi connectivity index (χ0n) is 11.0. The Kier molecular flexibility index (Phi) is 3.48. The third-order valence-corrected chi connectivity index (χ3v) is 4.13. The first-order chi connectivity index (χ1) is 9.69. The molecule has 3 rings (SSSR count). The van der Waals surface area contributed by atoms with Gasteiger partial charge in [0.2, 0.25) is 0 Å². The summed E-state index contributed by atoms with van der Waals surface area (Å²) in [6.07, 6.45) is 3.71. The van der Waals surface area contributed by atoms with Gasteiger partial charge in [-0.1, -0.05) is 0 Å². The minimum absolute atomic E-state index is 0.00924. The third-order valence-electron chi connectivity index (χ3n) is 3.44. The van der Waals surface area contributed by atoms with Crippen LogP contribution in [0.5, 0.6) is 5.75 Å². The number of benzene rings is 1. The van der Waals surface area contributed by atoms with E-state index in [0.717, 1.165) is 16.8 Å². The van der Waals surface area contributed by atoms with Gasteiger partial charge in [-0.05, 0) is 34.1 Å². The molecule has 2 heterocycles. The zero-order chi connectivity index (χ0) is 14.1. The van der Waals surface area contributed by atoms with Crippen molar-refractivity contribution in [3.05, 3.63) is 46.5 Å². The van der Waals surface area contributed by atoms with Crippen LogP contribution in [0, 0.1) is 0 Å². The van der Waals surface area contributed by atoms with Crippen molar-refractivity contribution < 1.29 is 9.53 Å². The summed E-state index contributed by atoms with van der Waals surface area (Å²) < 4.78 is 8.03. The maximum atomic E-state index is 12.6. The maximum Gasteiger partial charge on any atom is 0.255 e. The fraction of sp³-hybridized carbons (Fsp3) is 0.286. The van der Waals surface area contributed by atoms with Crippen LogP contribution in [0.1, 0.15) is 16.2 Å². The molecule has 1 aliphatic rings. The standard InChI is InChI=1S/C14H14BrN3O2/c1-20-10-2-3-12(15)11(8-10)14(19)18-7-6-17-5-4-16-13(17)9-18/h2-5,8H,6-7,9H2,1H3. The minimum atomic E-state index is -0.00924. The number of rotatable bonds is 2. The molecule has 0 saturated heterocycles. The third kappa shape index (κ3) is 2.31. The van der Waals surface area contributed by atoms with E-state index in [2.05, 4.69) is 25.5 Å². The van der Waals surface area contributed by atoms with Crippen molar-refractivity contribution in [2.24, 2.45) is 0 Å². The number of halogens is 1. The van der Waals surface area contributed by atoms with Gasteiger partial charge in [0.05, 0.1) is 19.2 Å². The number of nitrogens with zero attached hydrogens (tertiary/aromatic N) is 3. The number of hydrogen-bond donors (Lipinski definition) is 0. The highest BCUT2D eigenvalue weighted by Crippen LogP contribution is 2.25. The first-order valence-electron chi connectivity index (χ1n) is 6.32. The fourth-order valence-electron chi connectivity index (χ4n) is 2.31. The number of imidazole rings is 1. The summed E-state index contributed by atoms with van der Waals surface area (Å²) in [5, 5.41) is 0. The van der Waals surface area contributed by atoms with Crippen molar-refractivity contribution in [2.75, 3.05) is 13.7 Å². The zero-order valence-corrected chi connectivity index (χ0v) is 12.6. The molecule has 0 saturated carbocycles. The highest BCUT2D eigenvalue weighted by Gasteiger charge is 2.24. The van der Waals surface area contributed by atoms with Crippen LogP contribution in [-0.2, 0) is 13.1 Å². The van der Waals surface area contributed by atoms with E-state index in [9.17, 15) is 4.79 Å². The minimum Gasteiger partial charge on any atom is -0.497 e. The van der Waals surface area contributed by atoms with Crippen LogP contribution in [0.15, 0.2) is 35.1 Å². The molecule has 0 fully saturated rings. The Morgan fingerprint density at radius 2 is 2.25 bits per heavy atom. The first-order valence-corrected chi connectivity index (χ1v) is 7.11. The topological polar surface area (TPSA) is 47.4 Å². The molecule has 2 aromatic rings. The van der Waals surface area contributed by atoms with Gasteiger partial charge in [0.1, 0.15) is 11.6 Å². The van der Waals surface area contributed by atoms with Gasteiger partial charge in [0.15, 0.2) is 0 Å². The first kappa shape index (κ1) is 13.2. The molecule has 0 spiro atoms. The SMILES string of the molecule is COc1ccc(Br)c(C(=O)N2CCn3ccnc3C2)c1. The van der Waals surface area contributed by atoms with E-state index >= 15 is 0 Å². The molecule has 0 N–H and O–H groups in total. The second-order valence-corrected chi connectivity index (χ2v) is 5.46. The summed E-state index contributed by atoms with van der Waals surface area (Å²) >= 11 is 3.43. The molecule has 1 amide bonds. The number of hydrogen-bond acceptors (Lipinski definition) is 3. The summed E-state index contributed by atoms with van der Waals surface area (Å²) in [5.74, 6) is 1.59. The molecule has 6 heteroatoms. The lowest BCUT2D eigenvalue weighted by molar-refractivity contribution is 0.0706. The average Bonchev–Trinajstić information content (AvgIpc) is 2.94. The maximum absolute atomic E-state index is 12.6. The number of carbonyl (C=O) groups excluding carboxylic acids is 1. The van der Waals surface area contributed by atoms with Gasteiger partial charge in [-0.3, -0.25) is 4.79 Å².